The van der Waals surface area contributed by atoms with Crippen molar-refractivity contribution in [3.63, 3.8) is 0 Å². The summed E-state index contributed by atoms with van der Waals surface area (Å²) in [6.45, 7) is 5.91. The van der Waals surface area contributed by atoms with Gasteiger partial charge in [0.25, 0.3) is 0 Å². The monoisotopic (exact) mass is 261 g/mol. The molecule has 104 valence electrons. The minimum atomic E-state index is -0.684. The van der Waals surface area contributed by atoms with Gasteiger partial charge in [-0.15, -0.1) is 0 Å². The molecule has 1 aliphatic rings. The van der Waals surface area contributed by atoms with E-state index < -0.39 is 5.97 Å². The maximum atomic E-state index is 11.4. The predicted molar refractivity (Wildman–Crippen MR) is 76.1 cm³/mol. The van der Waals surface area contributed by atoms with E-state index in [0.29, 0.717) is 5.92 Å². The Hall–Kier alpha value is -1.35. The van der Waals surface area contributed by atoms with Gasteiger partial charge in [-0.3, -0.25) is 9.69 Å². The molecule has 1 aromatic rings. The molecule has 0 bridgehead atoms. The van der Waals surface area contributed by atoms with Crippen LogP contribution in [0.5, 0.6) is 0 Å². The third-order valence-corrected chi connectivity index (χ3v) is 4.08. The van der Waals surface area contributed by atoms with E-state index in [-0.39, 0.29) is 6.04 Å². The van der Waals surface area contributed by atoms with Crippen LogP contribution in [-0.4, -0.2) is 28.6 Å². The van der Waals surface area contributed by atoms with E-state index in [1.165, 1.54) is 11.1 Å². The fraction of sp³-hybridized carbons (Fsp3) is 0.562. The highest BCUT2D eigenvalue weighted by Crippen LogP contribution is 2.24. The first-order chi connectivity index (χ1) is 9.10. The highest BCUT2D eigenvalue weighted by molar-refractivity contribution is 5.73. The number of piperidine rings is 1. The summed E-state index contributed by atoms with van der Waals surface area (Å²) >= 11 is 0. The molecule has 0 saturated carbocycles. The van der Waals surface area contributed by atoms with Gasteiger partial charge in [0.15, 0.2) is 0 Å². The Kier molecular flexibility index (Phi) is 4.59. The molecule has 0 aliphatic carbocycles. The van der Waals surface area contributed by atoms with Crippen LogP contribution in [0.15, 0.2) is 24.3 Å². The number of hydrogen-bond donors (Lipinski definition) is 1. The highest BCUT2D eigenvalue weighted by atomic mass is 16.4. The van der Waals surface area contributed by atoms with Crippen molar-refractivity contribution in [2.45, 2.75) is 45.7 Å². The van der Waals surface area contributed by atoms with Crippen molar-refractivity contribution in [3.05, 3.63) is 35.4 Å². The van der Waals surface area contributed by atoms with Gasteiger partial charge in [0.1, 0.15) is 6.04 Å². The lowest BCUT2D eigenvalue weighted by Gasteiger charge is -2.36. The molecule has 19 heavy (non-hydrogen) atoms. The van der Waals surface area contributed by atoms with E-state index in [1.54, 1.807) is 0 Å². The molecule has 1 N–H and O–H groups in total. The molecule has 1 heterocycles. The van der Waals surface area contributed by atoms with Crippen LogP contribution in [0.4, 0.5) is 0 Å². The van der Waals surface area contributed by atoms with Gasteiger partial charge in [-0.1, -0.05) is 38.1 Å². The number of carboxylic acids is 1. The molecule has 1 aliphatic heterocycles. The third kappa shape index (κ3) is 3.57. The second-order valence-corrected chi connectivity index (χ2v) is 5.62. The van der Waals surface area contributed by atoms with Crippen LogP contribution in [-0.2, 0) is 17.8 Å². The molecular formula is C16H23NO2. The zero-order valence-electron chi connectivity index (χ0n) is 11.8. The number of nitrogens with zero attached hydrogens (tertiary/aromatic N) is 1. The summed E-state index contributed by atoms with van der Waals surface area (Å²) in [6, 6.07) is 8.19. The van der Waals surface area contributed by atoms with Crippen molar-refractivity contribution in [3.8, 4) is 0 Å². The number of hydrogen-bond acceptors (Lipinski definition) is 2. The van der Waals surface area contributed by atoms with Crippen molar-refractivity contribution in [1.29, 1.82) is 0 Å². The number of carbonyl (C=O) groups is 1. The van der Waals surface area contributed by atoms with E-state index in [9.17, 15) is 9.90 Å². The molecule has 2 unspecified atom stereocenters. The Morgan fingerprint density at radius 1 is 1.32 bits per heavy atom. The van der Waals surface area contributed by atoms with Gasteiger partial charge in [0.05, 0.1) is 0 Å². The standard InChI is InChI=1S/C16H23NO2/c1-3-13-4-6-14(7-5-13)11-17-9-8-12(2)10-15(17)16(18)19/h4-7,12,15H,3,8-11H2,1-2H3,(H,18,19). The molecule has 2 atom stereocenters. The summed E-state index contributed by atoms with van der Waals surface area (Å²) in [6.07, 6.45) is 2.90. The fourth-order valence-electron chi connectivity index (χ4n) is 2.75. The Morgan fingerprint density at radius 2 is 1.95 bits per heavy atom. The minimum Gasteiger partial charge on any atom is -0.480 e. The molecule has 3 heteroatoms. The van der Waals surface area contributed by atoms with Gasteiger partial charge in [-0.25, -0.2) is 0 Å². The molecule has 1 fully saturated rings. The van der Waals surface area contributed by atoms with Crippen LogP contribution in [0, 0.1) is 5.92 Å². The molecule has 0 radical (unpaired) electrons. The van der Waals surface area contributed by atoms with Crippen LogP contribution in [0.1, 0.15) is 37.8 Å². The summed E-state index contributed by atoms with van der Waals surface area (Å²) in [7, 11) is 0. The second kappa shape index (κ2) is 6.20. The SMILES string of the molecule is CCc1ccc(CN2CCC(C)CC2C(=O)O)cc1. The summed E-state index contributed by atoms with van der Waals surface area (Å²) < 4.78 is 0. The average Bonchev–Trinajstić information content (AvgIpc) is 2.41. The van der Waals surface area contributed by atoms with Gasteiger partial charge in [-0.2, -0.15) is 0 Å². The van der Waals surface area contributed by atoms with Crippen LogP contribution < -0.4 is 0 Å². The minimum absolute atomic E-state index is 0.324. The third-order valence-electron chi connectivity index (χ3n) is 4.08. The van der Waals surface area contributed by atoms with Crippen LogP contribution >= 0.6 is 0 Å². The number of benzene rings is 1. The Morgan fingerprint density at radius 3 is 2.53 bits per heavy atom. The van der Waals surface area contributed by atoms with E-state index in [0.717, 1.165) is 32.4 Å². The number of aliphatic carboxylic acids is 1. The molecule has 2 rings (SSSR count). The maximum absolute atomic E-state index is 11.4. The predicted octanol–water partition coefficient (Wildman–Crippen LogP) is 2.93. The van der Waals surface area contributed by atoms with E-state index in [1.807, 2.05) is 0 Å². The zero-order chi connectivity index (χ0) is 13.8. The first-order valence-electron chi connectivity index (χ1n) is 7.14. The van der Waals surface area contributed by atoms with Gasteiger partial charge in [0.2, 0.25) is 0 Å². The lowest BCUT2D eigenvalue weighted by molar-refractivity contribution is -0.145. The topological polar surface area (TPSA) is 40.5 Å². The fourth-order valence-corrected chi connectivity index (χ4v) is 2.75. The van der Waals surface area contributed by atoms with Gasteiger partial charge < -0.3 is 5.11 Å². The van der Waals surface area contributed by atoms with E-state index >= 15 is 0 Å². The number of rotatable bonds is 4. The van der Waals surface area contributed by atoms with Gasteiger partial charge in [-0.05, 0) is 42.9 Å². The maximum Gasteiger partial charge on any atom is 0.320 e. The van der Waals surface area contributed by atoms with Gasteiger partial charge in [0, 0.05) is 6.54 Å². The average molecular weight is 261 g/mol. The van der Waals surface area contributed by atoms with Crippen molar-refractivity contribution < 1.29 is 9.90 Å². The molecule has 1 saturated heterocycles. The van der Waals surface area contributed by atoms with Crippen molar-refractivity contribution >= 4 is 5.97 Å². The van der Waals surface area contributed by atoms with E-state index in [2.05, 4.69) is 43.0 Å². The Bertz CT molecular complexity index is 427. The highest BCUT2D eigenvalue weighted by Gasteiger charge is 2.31. The number of aryl methyl sites for hydroxylation is 1. The van der Waals surface area contributed by atoms with Crippen molar-refractivity contribution in [2.24, 2.45) is 5.92 Å². The summed E-state index contributed by atoms with van der Waals surface area (Å²) in [5.74, 6) is -0.170. The lowest BCUT2D eigenvalue weighted by Crippen LogP contribution is -2.46. The molecule has 1 aromatic carbocycles. The van der Waals surface area contributed by atoms with Crippen molar-refractivity contribution in [2.75, 3.05) is 6.54 Å². The van der Waals surface area contributed by atoms with Crippen molar-refractivity contribution in [1.82, 2.24) is 4.90 Å². The smallest absolute Gasteiger partial charge is 0.320 e. The van der Waals surface area contributed by atoms with E-state index in [4.69, 9.17) is 0 Å². The zero-order valence-corrected chi connectivity index (χ0v) is 11.8. The Labute approximate surface area is 115 Å². The molecule has 0 spiro atoms. The first-order valence-corrected chi connectivity index (χ1v) is 7.14. The lowest BCUT2D eigenvalue weighted by atomic mass is 9.92. The quantitative estimate of drug-likeness (QED) is 0.906. The molecule has 0 aromatic heterocycles. The number of likely N-dealkylation sites (tertiary alicyclic amines) is 1. The van der Waals surface area contributed by atoms with Crippen LogP contribution in [0.3, 0.4) is 0 Å². The molecule has 0 amide bonds. The second-order valence-electron chi connectivity index (χ2n) is 5.62. The number of carboxylic acid groups (broad SMARTS) is 1. The largest absolute Gasteiger partial charge is 0.480 e. The van der Waals surface area contributed by atoms with Crippen LogP contribution in [0.25, 0.3) is 0 Å². The van der Waals surface area contributed by atoms with Gasteiger partial charge >= 0.3 is 5.97 Å². The van der Waals surface area contributed by atoms with Crippen LogP contribution in [0.2, 0.25) is 0 Å². The summed E-state index contributed by atoms with van der Waals surface area (Å²) in [5, 5.41) is 9.34. The molecular weight excluding hydrogens is 238 g/mol. The molecule has 3 nitrogen and oxygen atoms in total. The Balaban J connectivity index is 2.05. The summed E-state index contributed by atoms with van der Waals surface area (Å²) in [4.78, 5) is 13.5. The normalized spacial score (nSPS) is 24.3. The summed E-state index contributed by atoms with van der Waals surface area (Å²) in [5.41, 5.74) is 2.53. The first kappa shape index (κ1) is 14.1.